The van der Waals surface area contributed by atoms with Crippen molar-refractivity contribution in [3.8, 4) is 34.6 Å². The third-order valence-corrected chi connectivity index (χ3v) is 7.78. The number of aryl methyl sites for hydroxylation is 1. The molecule has 0 spiro atoms. The Hall–Kier alpha value is -4.51. The molecule has 17 heteroatoms. The molecule has 3 heterocycles. The first-order valence-corrected chi connectivity index (χ1v) is 14.1. The van der Waals surface area contributed by atoms with Gasteiger partial charge in [0.05, 0.1) is 14.2 Å². The number of benzene rings is 1. The zero-order valence-electron chi connectivity index (χ0n) is 23.7. The van der Waals surface area contributed by atoms with Crippen LogP contribution in [-0.2, 0) is 14.8 Å². The summed E-state index contributed by atoms with van der Waals surface area (Å²) in [6, 6.07) is 8.92. The molecule has 2 unspecified atom stereocenters. The average molecular weight is 624 g/mol. The van der Waals surface area contributed by atoms with Crippen LogP contribution in [0, 0.1) is 6.92 Å². The molecular formula is C26H28F3N7O6S. The van der Waals surface area contributed by atoms with Gasteiger partial charge >= 0.3 is 6.18 Å². The van der Waals surface area contributed by atoms with Crippen LogP contribution in [0.25, 0.3) is 17.2 Å². The average Bonchev–Trinajstić information content (AvgIpc) is 3.38. The van der Waals surface area contributed by atoms with Gasteiger partial charge in [0.15, 0.2) is 18.3 Å². The van der Waals surface area contributed by atoms with Crippen molar-refractivity contribution < 1.29 is 40.5 Å². The number of ether oxygens (including phenoxy) is 4. The molecule has 0 saturated heterocycles. The van der Waals surface area contributed by atoms with Crippen LogP contribution in [0.3, 0.4) is 0 Å². The van der Waals surface area contributed by atoms with Gasteiger partial charge in [0, 0.05) is 25.6 Å². The largest absolute Gasteiger partial charge is 0.494 e. The zero-order valence-corrected chi connectivity index (χ0v) is 24.5. The number of nitrogens with one attached hydrogen (secondary N) is 1. The predicted octanol–water partition coefficient (Wildman–Crippen LogP) is 3.90. The number of hydrogen-bond acceptors (Lipinski definition) is 11. The summed E-state index contributed by atoms with van der Waals surface area (Å²) in [6.45, 7) is 1.63. The van der Waals surface area contributed by atoms with Crippen LogP contribution < -0.4 is 18.9 Å². The van der Waals surface area contributed by atoms with E-state index in [9.17, 15) is 21.6 Å². The van der Waals surface area contributed by atoms with Crippen LogP contribution in [-0.4, -0.2) is 77.5 Å². The Kier molecular flexibility index (Phi) is 9.34. The second-order valence-electron chi connectivity index (χ2n) is 9.09. The standard InChI is InChI=1S/C26H28F3N7O6S/c1-15-12-30-23(31-13-15)22(41-5)16(2)43(37,38)35-25-34-33-24(17-8-6-11-20(32-17)42-14-26(27,28)29)36(25)21-18(39-3)9-7-10-19(21)40-4/h6-13,16,22H,14H2,1-5H3,(H,34,35). The highest BCUT2D eigenvalue weighted by Crippen LogP contribution is 2.38. The van der Waals surface area contributed by atoms with Crippen LogP contribution >= 0.6 is 0 Å². The Morgan fingerprint density at radius 2 is 1.60 bits per heavy atom. The lowest BCUT2D eigenvalue weighted by Crippen LogP contribution is -2.33. The Morgan fingerprint density at radius 1 is 0.977 bits per heavy atom. The monoisotopic (exact) mass is 623 g/mol. The van der Waals surface area contributed by atoms with E-state index in [1.54, 1.807) is 25.1 Å². The number of rotatable bonds is 12. The maximum atomic E-state index is 13.7. The van der Waals surface area contributed by atoms with E-state index in [-0.39, 0.29) is 46.4 Å². The molecule has 0 bridgehead atoms. The molecule has 13 nitrogen and oxygen atoms in total. The molecule has 0 aliphatic heterocycles. The topological polar surface area (TPSA) is 152 Å². The van der Waals surface area contributed by atoms with Crippen molar-refractivity contribution in [2.45, 2.75) is 31.4 Å². The minimum Gasteiger partial charge on any atom is -0.494 e. The van der Waals surface area contributed by atoms with Gasteiger partial charge in [-0.15, -0.1) is 10.2 Å². The zero-order chi connectivity index (χ0) is 31.4. The number of anilines is 1. The Bertz CT molecular complexity index is 1640. The van der Waals surface area contributed by atoms with Gasteiger partial charge in [0.2, 0.25) is 21.9 Å². The number of hydrogen-bond donors (Lipinski definition) is 1. The van der Waals surface area contributed by atoms with Crippen molar-refractivity contribution in [3.05, 3.63) is 60.2 Å². The summed E-state index contributed by atoms with van der Waals surface area (Å²) in [5.41, 5.74) is 0.980. The fraction of sp³-hybridized carbons (Fsp3) is 0.346. The van der Waals surface area contributed by atoms with Crippen LogP contribution in [0.15, 0.2) is 48.8 Å². The summed E-state index contributed by atoms with van der Waals surface area (Å²) in [5.74, 6) is -0.0709. The number of methoxy groups -OCH3 is 3. The van der Waals surface area contributed by atoms with Crippen LogP contribution in [0.4, 0.5) is 19.1 Å². The Morgan fingerprint density at radius 3 is 2.19 bits per heavy atom. The van der Waals surface area contributed by atoms with Crippen molar-refractivity contribution in [2.24, 2.45) is 0 Å². The molecule has 0 radical (unpaired) electrons. The molecule has 4 aromatic rings. The number of aromatic nitrogens is 6. The van der Waals surface area contributed by atoms with Gasteiger partial charge in [0.25, 0.3) is 0 Å². The van der Waals surface area contributed by atoms with Crippen molar-refractivity contribution in [3.63, 3.8) is 0 Å². The number of sulfonamides is 1. The smallest absolute Gasteiger partial charge is 0.422 e. The Balaban J connectivity index is 1.83. The first-order chi connectivity index (χ1) is 20.4. The maximum absolute atomic E-state index is 13.7. The van der Waals surface area contributed by atoms with Gasteiger partial charge in [-0.1, -0.05) is 12.1 Å². The summed E-state index contributed by atoms with van der Waals surface area (Å²) in [5, 5.41) is 6.94. The lowest BCUT2D eigenvalue weighted by molar-refractivity contribution is -0.154. The van der Waals surface area contributed by atoms with E-state index in [0.717, 1.165) is 5.56 Å². The molecule has 4 rings (SSSR count). The first kappa shape index (κ1) is 31.4. The van der Waals surface area contributed by atoms with Gasteiger partial charge < -0.3 is 18.9 Å². The number of para-hydroxylation sites is 1. The summed E-state index contributed by atoms with van der Waals surface area (Å²) in [6.07, 6.45) is -2.57. The molecular weight excluding hydrogens is 595 g/mol. The van der Waals surface area contributed by atoms with Gasteiger partial charge in [0.1, 0.15) is 34.2 Å². The van der Waals surface area contributed by atoms with Crippen molar-refractivity contribution in [2.75, 3.05) is 32.7 Å². The molecule has 230 valence electrons. The molecule has 0 saturated carbocycles. The third-order valence-electron chi connectivity index (χ3n) is 6.08. The number of halogens is 3. The van der Waals surface area contributed by atoms with Crippen LogP contribution in [0.5, 0.6) is 17.4 Å². The Labute approximate surface area is 245 Å². The van der Waals surface area contributed by atoms with E-state index in [2.05, 4.69) is 29.9 Å². The highest BCUT2D eigenvalue weighted by atomic mass is 32.2. The van der Waals surface area contributed by atoms with E-state index < -0.39 is 34.2 Å². The maximum Gasteiger partial charge on any atom is 0.422 e. The SMILES string of the molecule is COc1cccc(OC)c1-n1c(NS(=O)(=O)C(C)C(OC)c2ncc(C)cn2)nnc1-c1cccc(OCC(F)(F)F)n1. The minimum atomic E-state index is -4.59. The predicted molar refractivity (Wildman–Crippen MR) is 148 cm³/mol. The second-order valence-corrected chi connectivity index (χ2v) is 11.1. The quantitative estimate of drug-likeness (QED) is 0.245. The van der Waals surface area contributed by atoms with E-state index in [4.69, 9.17) is 18.9 Å². The number of alkyl halides is 3. The minimum absolute atomic E-state index is 0.0152. The summed E-state index contributed by atoms with van der Waals surface area (Å²) >= 11 is 0. The van der Waals surface area contributed by atoms with E-state index >= 15 is 0 Å². The molecule has 0 aliphatic carbocycles. The molecule has 0 fully saturated rings. The molecule has 0 aliphatic rings. The lowest BCUT2D eigenvalue weighted by Gasteiger charge is -2.23. The second kappa shape index (κ2) is 12.8. The van der Waals surface area contributed by atoms with E-state index in [1.165, 1.54) is 63.4 Å². The summed E-state index contributed by atoms with van der Waals surface area (Å²) in [7, 11) is -0.168. The molecule has 3 aromatic heterocycles. The van der Waals surface area contributed by atoms with Crippen molar-refractivity contribution in [1.82, 2.24) is 29.7 Å². The van der Waals surface area contributed by atoms with Gasteiger partial charge in [-0.25, -0.2) is 23.4 Å². The number of nitrogens with zero attached hydrogens (tertiary/aromatic N) is 6. The molecule has 43 heavy (non-hydrogen) atoms. The van der Waals surface area contributed by atoms with Gasteiger partial charge in [-0.05, 0) is 37.6 Å². The summed E-state index contributed by atoms with van der Waals surface area (Å²) < 4.78 is 90.6. The molecule has 2 atom stereocenters. The van der Waals surface area contributed by atoms with E-state index in [1.807, 2.05) is 0 Å². The summed E-state index contributed by atoms with van der Waals surface area (Å²) in [4.78, 5) is 12.5. The van der Waals surface area contributed by atoms with Crippen molar-refractivity contribution >= 4 is 16.0 Å². The highest BCUT2D eigenvalue weighted by Gasteiger charge is 2.35. The van der Waals surface area contributed by atoms with Crippen LogP contribution in [0.2, 0.25) is 0 Å². The number of pyridine rings is 1. The van der Waals surface area contributed by atoms with Gasteiger partial charge in [-0.2, -0.15) is 13.2 Å². The fourth-order valence-corrected chi connectivity index (χ4v) is 5.13. The molecule has 1 aromatic carbocycles. The normalized spacial score (nSPS) is 13.3. The lowest BCUT2D eigenvalue weighted by atomic mass is 10.2. The molecule has 1 N–H and O–H groups in total. The highest BCUT2D eigenvalue weighted by molar-refractivity contribution is 7.93. The molecule has 0 amide bonds. The fourth-order valence-electron chi connectivity index (χ4n) is 4.00. The third kappa shape index (κ3) is 7.11. The van der Waals surface area contributed by atoms with Crippen molar-refractivity contribution in [1.29, 1.82) is 0 Å². The van der Waals surface area contributed by atoms with E-state index in [0.29, 0.717) is 0 Å². The van der Waals surface area contributed by atoms with Crippen LogP contribution in [0.1, 0.15) is 24.4 Å². The first-order valence-electron chi connectivity index (χ1n) is 12.5. The van der Waals surface area contributed by atoms with Gasteiger partial charge in [-0.3, -0.25) is 9.29 Å².